The van der Waals surface area contributed by atoms with Crippen molar-refractivity contribution >= 4 is 5.97 Å². The molecule has 0 aromatic heterocycles. The van der Waals surface area contributed by atoms with E-state index in [0.29, 0.717) is 5.92 Å². The normalized spacial score (nSPS) is 40.8. The molecule has 0 aromatic carbocycles. The number of nitrogens with one attached hydrogen (secondary N) is 1. The molecule has 1 saturated carbocycles. The molecule has 12 heavy (non-hydrogen) atoms. The lowest BCUT2D eigenvalue weighted by Crippen LogP contribution is -2.51. The van der Waals surface area contributed by atoms with Crippen LogP contribution in [0, 0.1) is 11.8 Å². The Morgan fingerprint density at radius 1 is 1.33 bits per heavy atom. The highest BCUT2D eigenvalue weighted by Gasteiger charge is 2.40. The number of hydrogen-bond donors (Lipinski definition) is 2. The molecule has 2 fully saturated rings. The first kappa shape index (κ1) is 8.05. The lowest BCUT2D eigenvalue weighted by Gasteiger charge is -2.40. The van der Waals surface area contributed by atoms with Crippen LogP contribution in [0.4, 0.5) is 0 Å². The fourth-order valence-electron chi connectivity index (χ4n) is 2.67. The van der Waals surface area contributed by atoms with Crippen molar-refractivity contribution in [3.05, 3.63) is 0 Å². The summed E-state index contributed by atoms with van der Waals surface area (Å²) in [6, 6.07) is 0.259. The lowest BCUT2D eigenvalue weighted by atomic mass is 9.72. The Kier molecular flexibility index (Phi) is 2.05. The quantitative estimate of drug-likeness (QED) is 0.611. The Morgan fingerprint density at radius 3 is 2.75 bits per heavy atom. The first-order valence-corrected chi connectivity index (χ1v) is 4.75. The molecule has 0 amide bonds. The number of hydrogen-bond acceptors (Lipinski definition) is 2. The van der Waals surface area contributed by atoms with Gasteiger partial charge in [-0.05, 0) is 31.7 Å². The molecule has 3 atom stereocenters. The molecule has 2 N–H and O–H groups in total. The maximum absolute atomic E-state index is 10.9. The van der Waals surface area contributed by atoms with E-state index in [4.69, 9.17) is 5.11 Å². The van der Waals surface area contributed by atoms with E-state index in [-0.39, 0.29) is 12.0 Å². The molecular formula is C9H15NO2. The van der Waals surface area contributed by atoms with Gasteiger partial charge in [-0.1, -0.05) is 6.42 Å². The minimum Gasteiger partial charge on any atom is -0.481 e. The van der Waals surface area contributed by atoms with E-state index in [9.17, 15) is 4.79 Å². The van der Waals surface area contributed by atoms with E-state index in [1.54, 1.807) is 0 Å². The van der Waals surface area contributed by atoms with Gasteiger partial charge in [0, 0.05) is 6.04 Å². The molecule has 0 aromatic rings. The zero-order valence-electron chi connectivity index (χ0n) is 7.12. The minimum atomic E-state index is -0.600. The first-order chi connectivity index (χ1) is 5.79. The van der Waals surface area contributed by atoms with Crippen LogP contribution >= 0.6 is 0 Å². The third kappa shape index (κ3) is 1.22. The van der Waals surface area contributed by atoms with Crippen LogP contribution in [0.5, 0.6) is 0 Å². The zero-order valence-corrected chi connectivity index (χ0v) is 7.12. The van der Waals surface area contributed by atoms with Crippen molar-refractivity contribution in [2.75, 3.05) is 6.54 Å². The third-order valence-electron chi connectivity index (χ3n) is 3.24. The standard InChI is InChI=1S/C9H15NO2/c11-9(12)8-6-2-1-3-7(8)10-5-4-6/h6-8,10H,1-5H2,(H,11,12)/t6-,7-,8-/m1/s1. The fraction of sp³-hybridized carbons (Fsp3) is 0.889. The SMILES string of the molecule is O=C(O)[C@@H]1[C@@H]2CCC[C@H]1NCC2. The second-order valence-electron chi connectivity index (χ2n) is 3.90. The summed E-state index contributed by atoms with van der Waals surface area (Å²) in [6.45, 7) is 1.01. The number of aliphatic carboxylic acids is 1. The van der Waals surface area contributed by atoms with Gasteiger partial charge in [-0.15, -0.1) is 0 Å². The first-order valence-electron chi connectivity index (χ1n) is 4.75. The molecule has 3 heteroatoms. The molecule has 0 spiro atoms. The van der Waals surface area contributed by atoms with Gasteiger partial charge in [0.2, 0.25) is 0 Å². The van der Waals surface area contributed by atoms with Gasteiger partial charge in [0.15, 0.2) is 0 Å². The molecule has 1 aliphatic heterocycles. The number of fused-ring (bicyclic) bond motifs is 2. The van der Waals surface area contributed by atoms with E-state index in [1.165, 1.54) is 6.42 Å². The number of carbonyl (C=O) groups is 1. The van der Waals surface area contributed by atoms with E-state index >= 15 is 0 Å². The lowest BCUT2D eigenvalue weighted by molar-refractivity contribution is -0.147. The summed E-state index contributed by atoms with van der Waals surface area (Å²) >= 11 is 0. The smallest absolute Gasteiger partial charge is 0.308 e. The Labute approximate surface area is 72.2 Å². The van der Waals surface area contributed by atoms with Gasteiger partial charge in [0.05, 0.1) is 5.92 Å². The molecular weight excluding hydrogens is 154 g/mol. The van der Waals surface area contributed by atoms with Crippen LogP contribution < -0.4 is 5.32 Å². The predicted octanol–water partition coefficient (Wildman–Crippen LogP) is 0.849. The van der Waals surface area contributed by atoms with Crippen molar-refractivity contribution in [1.82, 2.24) is 5.32 Å². The topological polar surface area (TPSA) is 49.3 Å². The van der Waals surface area contributed by atoms with E-state index < -0.39 is 5.97 Å². The Bertz CT molecular complexity index is 171. The van der Waals surface area contributed by atoms with E-state index in [1.807, 2.05) is 0 Å². The molecule has 0 unspecified atom stereocenters. The Balaban J connectivity index is 2.13. The summed E-state index contributed by atoms with van der Waals surface area (Å²) in [5, 5.41) is 12.3. The maximum atomic E-state index is 10.9. The van der Waals surface area contributed by atoms with E-state index in [0.717, 1.165) is 25.8 Å². The molecule has 2 aliphatic rings. The summed E-state index contributed by atoms with van der Waals surface area (Å²) in [4.78, 5) is 10.9. The van der Waals surface area contributed by atoms with Crippen molar-refractivity contribution in [3.63, 3.8) is 0 Å². The molecule has 2 bridgehead atoms. The van der Waals surface area contributed by atoms with Gasteiger partial charge < -0.3 is 10.4 Å². The average molecular weight is 169 g/mol. The molecule has 68 valence electrons. The highest BCUT2D eigenvalue weighted by atomic mass is 16.4. The minimum absolute atomic E-state index is 0.104. The van der Waals surface area contributed by atoms with Crippen LogP contribution in [0.3, 0.4) is 0 Å². The second kappa shape index (κ2) is 3.05. The molecule has 1 saturated heterocycles. The third-order valence-corrected chi connectivity index (χ3v) is 3.24. The second-order valence-corrected chi connectivity index (χ2v) is 3.90. The number of piperidine rings is 1. The number of rotatable bonds is 1. The molecule has 1 heterocycles. The van der Waals surface area contributed by atoms with Gasteiger partial charge in [-0.2, -0.15) is 0 Å². The van der Waals surface area contributed by atoms with Crippen molar-refractivity contribution in [3.8, 4) is 0 Å². The molecule has 2 rings (SSSR count). The Hall–Kier alpha value is -0.570. The van der Waals surface area contributed by atoms with Crippen LogP contribution in [0.1, 0.15) is 25.7 Å². The monoisotopic (exact) mass is 169 g/mol. The summed E-state index contributed by atoms with van der Waals surface area (Å²) in [5.41, 5.74) is 0. The average Bonchev–Trinajstić information content (AvgIpc) is 2.02. The highest BCUT2D eigenvalue weighted by Crippen LogP contribution is 2.35. The van der Waals surface area contributed by atoms with E-state index in [2.05, 4.69) is 5.32 Å². The summed E-state index contributed by atoms with van der Waals surface area (Å²) in [7, 11) is 0. The van der Waals surface area contributed by atoms with Crippen molar-refractivity contribution in [2.45, 2.75) is 31.7 Å². The molecule has 0 radical (unpaired) electrons. The predicted molar refractivity (Wildman–Crippen MR) is 44.9 cm³/mol. The van der Waals surface area contributed by atoms with Crippen molar-refractivity contribution < 1.29 is 9.90 Å². The van der Waals surface area contributed by atoms with Crippen LogP contribution in [-0.4, -0.2) is 23.7 Å². The van der Waals surface area contributed by atoms with Crippen LogP contribution in [-0.2, 0) is 4.79 Å². The van der Waals surface area contributed by atoms with Gasteiger partial charge in [0.1, 0.15) is 0 Å². The summed E-state index contributed by atoms with van der Waals surface area (Å²) < 4.78 is 0. The van der Waals surface area contributed by atoms with Crippen molar-refractivity contribution in [1.29, 1.82) is 0 Å². The van der Waals surface area contributed by atoms with Crippen LogP contribution in [0.2, 0.25) is 0 Å². The van der Waals surface area contributed by atoms with Crippen molar-refractivity contribution in [2.24, 2.45) is 11.8 Å². The molecule has 3 nitrogen and oxygen atoms in total. The van der Waals surface area contributed by atoms with Gasteiger partial charge in [-0.25, -0.2) is 0 Å². The van der Waals surface area contributed by atoms with Crippen LogP contribution in [0.15, 0.2) is 0 Å². The Morgan fingerprint density at radius 2 is 2.17 bits per heavy atom. The summed E-state index contributed by atoms with van der Waals surface area (Å²) in [5.74, 6) is -0.258. The zero-order chi connectivity index (χ0) is 8.55. The van der Waals surface area contributed by atoms with Gasteiger partial charge in [0.25, 0.3) is 0 Å². The highest BCUT2D eigenvalue weighted by molar-refractivity contribution is 5.71. The molecule has 1 aliphatic carbocycles. The largest absolute Gasteiger partial charge is 0.481 e. The maximum Gasteiger partial charge on any atom is 0.308 e. The summed E-state index contributed by atoms with van der Waals surface area (Å²) in [6.07, 6.45) is 4.42. The van der Waals surface area contributed by atoms with Gasteiger partial charge in [-0.3, -0.25) is 4.79 Å². The number of carboxylic acid groups (broad SMARTS) is 1. The van der Waals surface area contributed by atoms with Crippen LogP contribution in [0.25, 0.3) is 0 Å². The fourth-order valence-corrected chi connectivity index (χ4v) is 2.67. The number of carboxylic acids is 1. The van der Waals surface area contributed by atoms with Gasteiger partial charge >= 0.3 is 5.97 Å².